The third kappa shape index (κ3) is 0.917. The quantitative estimate of drug-likeness (QED) is 0.630. The minimum Gasteiger partial charge on any atom is -0.366 e. The summed E-state index contributed by atoms with van der Waals surface area (Å²) in [5, 5.41) is 2.46. The Labute approximate surface area is 65.0 Å². The highest BCUT2D eigenvalue weighted by molar-refractivity contribution is 5.85. The SMILES string of the molecule is NCc1cccc2c[nH]cc12. The van der Waals surface area contributed by atoms with Crippen molar-refractivity contribution in [3.63, 3.8) is 0 Å². The molecular weight excluding hydrogens is 136 g/mol. The van der Waals surface area contributed by atoms with E-state index in [1.807, 2.05) is 18.5 Å². The van der Waals surface area contributed by atoms with Gasteiger partial charge in [0, 0.05) is 24.3 Å². The summed E-state index contributed by atoms with van der Waals surface area (Å²) in [5.41, 5.74) is 6.76. The van der Waals surface area contributed by atoms with Crippen LogP contribution in [-0.4, -0.2) is 4.98 Å². The molecule has 56 valence electrons. The van der Waals surface area contributed by atoms with Crippen LogP contribution in [0.1, 0.15) is 5.56 Å². The molecule has 0 fully saturated rings. The van der Waals surface area contributed by atoms with Crippen LogP contribution in [-0.2, 0) is 6.54 Å². The molecule has 11 heavy (non-hydrogen) atoms. The first-order valence-corrected chi connectivity index (χ1v) is 3.66. The lowest BCUT2D eigenvalue weighted by molar-refractivity contribution is 1.09. The van der Waals surface area contributed by atoms with Gasteiger partial charge in [0.2, 0.25) is 0 Å². The Kier molecular flexibility index (Phi) is 1.40. The van der Waals surface area contributed by atoms with Gasteiger partial charge in [-0.3, -0.25) is 0 Å². The predicted octanol–water partition coefficient (Wildman–Crippen LogP) is 1.63. The van der Waals surface area contributed by atoms with Gasteiger partial charge in [0.25, 0.3) is 0 Å². The number of rotatable bonds is 1. The van der Waals surface area contributed by atoms with Crippen molar-refractivity contribution in [1.29, 1.82) is 0 Å². The number of benzene rings is 1. The molecule has 2 heteroatoms. The predicted molar refractivity (Wildman–Crippen MR) is 46.2 cm³/mol. The largest absolute Gasteiger partial charge is 0.366 e. The normalized spacial score (nSPS) is 10.6. The Bertz CT molecular complexity index is 362. The van der Waals surface area contributed by atoms with Crippen molar-refractivity contribution < 1.29 is 0 Å². The smallest absolute Gasteiger partial charge is 0.0184 e. The average Bonchev–Trinajstić information content (AvgIpc) is 2.50. The molecule has 1 heterocycles. The molecule has 0 aliphatic rings. The Morgan fingerprint density at radius 1 is 1.27 bits per heavy atom. The lowest BCUT2D eigenvalue weighted by Gasteiger charge is -1.96. The van der Waals surface area contributed by atoms with Crippen LogP contribution in [0.2, 0.25) is 0 Å². The van der Waals surface area contributed by atoms with Crippen LogP contribution < -0.4 is 5.73 Å². The number of hydrogen-bond donors (Lipinski definition) is 2. The Morgan fingerprint density at radius 2 is 2.18 bits per heavy atom. The van der Waals surface area contributed by atoms with E-state index >= 15 is 0 Å². The second-order valence-corrected chi connectivity index (χ2v) is 2.58. The Morgan fingerprint density at radius 3 is 3.00 bits per heavy atom. The standard InChI is InChI=1S/C9H10N2/c10-4-7-2-1-3-8-5-11-6-9(7)8/h1-3,5-6,11H,4,10H2. The van der Waals surface area contributed by atoms with Gasteiger partial charge >= 0.3 is 0 Å². The van der Waals surface area contributed by atoms with Gasteiger partial charge < -0.3 is 10.7 Å². The third-order valence-electron chi connectivity index (χ3n) is 1.92. The molecule has 0 aliphatic heterocycles. The van der Waals surface area contributed by atoms with Gasteiger partial charge in [0.05, 0.1) is 0 Å². The van der Waals surface area contributed by atoms with E-state index in [1.165, 1.54) is 16.3 Å². The molecule has 0 unspecified atom stereocenters. The molecule has 0 spiro atoms. The van der Waals surface area contributed by atoms with Crippen LogP contribution in [0, 0.1) is 0 Å². The molecule has 0 saturated heterocycles. The zero-order valence-corrected chi connectivity index (χ0v) is 6.17. The van der Waals surface area contributed by atoms with Gasteiger partial charge in [-0.1, -0.05) is 18.2 Å². The molecule has 2 aromatic rings. The van der Waals surface area contributed by atoms with Gasteiger partial charge in [-0.25, -0.2) is 0 Å². The maximum Gasteiger partial charge on any atom is 0.0184 e. The Hall–Kier alpha value is -1.28. The number of hydrogen-bond acceptors (Lipinski definition) is 1. The first kappa shape index (κ1) is 6.43. The van der Waals surface area contributed by atoms with Gasteiger partial charge in [-0.15, -0.1) is 0 Å². The van der Waals surface area contributed by atoms with E-state index in [0.29, 0.717) is 6.54 Å². The summed E-state index contributed by atoms with van der Waals surface area (Å²) in [6.07, 6.45) is 3.96. The van der Waals surface area contributed by atoms with Crippen molar-refractivity contribution in [3.05, 3.63) is 36.2 Å². The number of fused-ring (bicyclic) bond motifs is 1. The molecule has 1 aromatic heterocycles. The van der Waals surface area contributed by atoms with Gasteiger partial charge in [0.1, 0.15) is 0 Å². The van der Waals surface area contributed by atoms with E-state index in [1.54, 1.807) is 0 Å². The second-order valence-electron chi connectivity index (χ2n) is 2.58. The minimum absolute atomic E-state index is 0.606. The Balaban J connectivity index is 2.79. The highest BCUT2D eigenvalue weighted by atomic mass is 14.6. The van der Waals surface area contributed by atoms with Crippen LogP contribution in [0.15, 0.2) is 30.6 Å². The van der Waals surface area contributed by atoms with Crippen LogP contribution >= 0.6 is 0 Å². The minimum atomic E-state index is 0.606. The summed E-state index contributed by atoms with van der Waals surface area (Å²) in [4.78, 5) is 3.06. The number of H-pyrrole nitrogens is 1. The molecule has 0 atom stereocenters. The highest BCUT2D eigenvalue weighted by Crippen LogP contribution is 2.16. The van der Waals surface area contributed by atoms with Crippen LogP contribution in [0.5, 0.6) is 0 Å². The molecule has 3 N–H and O–H groups in total. The zero-order valence-electron chi connectivity index (χ0n) is 6.17. The fourth-order valence-corrected chi connectivity index (χ4v) is 1.33. The molecule has 2 nitrogen and oxygen atoms in total. The number of aromatic amines is 1. The lowest BCUT2D eigenvalue weighted by atomic mass is 10.1. The number of aromatic nitrogens is 1. The van der Waals surface area contributed by atoms with E-state index in [-0.39, 0.29) is 0 Å². The molecule has 0 aliphatic carbocycles. The molecular formula is C9H10N2. The molecule has 2 rings (SSSR count). The van der Waals surface area contributed by atoms with Crippen LogP contribution in [0.4, 0.5) is 0 Å². The van der Waals surface area contributed by atoms with E-state index in [2.05, 4.69) is 17.1 Å². The first-order chi connectivity index (χ1) is 5.42. The average molecular weight is 146 g/mol. The molecule has 0 radical (unpaired) electrons. The van der Waals surface area contributed by atoms with Crippen molar-refractivity contribution in [2.24, 2.45) is 5.73 Å². The summed E-state index contributed by atoms with van der Waals surface area (Å²) in [5.74, 6) is 0. The third-order valence-corrected chi connectivity index (χ3v) is 1.92. The van der Waals surface area contributed by atoms with E-state index in [0.717, 1.165) is 0 Å². The summed E-state index contributed by atoms with van der Waals surface area (Å²) in [7, 11) is 0. The summed E-state index contributed by atoms with van der Waals surface area (Å²) in [6, 6.07) is 6.15. The molecule has 0 bridgehead atoms. The fourth-order valence-electron chi connectivity index (χ4n) is 1.33. The summed E-state index contributed by atoms with van der Waals surface area (Å²) in [6.45, 7) is 0.606. The van der Waals surface area contributed by atoms with E-state index < -0.39 is 0 Å². The van der Waals surface area contributed by atoms with Crippen molar-refractivity contribution in [3.8, 4) is 0 Å². The van der Waals surface area contributed by atoms with Crippen LogP contribution in [0.3, 0.4) is 0 Å². The summed E-state index contributed by atoms with van der Waals surface area (Å²) >= 11 is 0. The first-order valence-electron chi connectivity index (χ1n) is 3.66. The number of nitrogens with one attached hydrogen (secondary N) is 1. The lowest BCUT2D eigenvalue weighted by Crippen LogP contribution is -1.95. The van der Waals surface area contributed by atoms with E-state index in [9.17, 15) is 0 Å². The fraction of sp³-hybridized carbons (Fsp3) is 0.111. The van der Waals surface area contributed by atoms with E-state index in [4.69, 9.17) is 5.73 Å². The van der Waals surface area contributed by atoms with Crippen molar-refractivity contribution >= 4 is 10.8 Å². The summed E-state index contributed by atoms with van der Waals surface area (Å²) < 4.78 is 0. The van der Waals surface area contributed by atoms with Crippen molar-refractivity contribution in [1.82, 2.24) is 4.98 Å². The maximum atomic E-state index is 5.56. The molecule has 0 amide bonds. The second kappa shape index (κ2) is 2.40. The van der Waals surface area contributed by atoms with Crippen molar-refractivity contribution in [2.45, 2.75) is 6.54 Å². The monoisotopic (exact) mass is 146 g/mol. The van der Waals surface area contributed by atoms with Gasteiger partial charge in [-0.2, -0.15) is 0 Å². The van der Waals surface area contributed by atoms with Crippen LogP contribution in [0.25, 0.3) is 10.8 Å². The van der Waals surface area contributed by atoms with Gasteiger partial charge in [0.15, 0.2) is 0 Å². The van der Waals surface area contributed by atoms with Crippen molar-refractivity contribution in [2.75, 3.05) is 0 Å². The highest BCUT2D eigenvalue weighted by Gasteiger charge is 1.97. The maximum absolute atomic E-state index is 5.56. The topological polar surface area (TPSA) is 41.8 Å². The number of nitrogens with two attached hydrogens (primary N) is 1. The zero-order chi connectivity index (χ0) is 7.68. The molecule has 1 aromatic carbocycles. The van der Waals surface area contributed by atoms with Gasteiger partial charge in [-0.05, 0) is 10.9 Å². The molecule has 0 saturated carbocycles.